The van der Waals surface area contributed by atoms with Crippen LogP contribution in [0, 0.1) is 0 Å². The molecule has 0 aromatic carbocycles. The summed E-state index contributed by atoms with van der Waals surface area (Å²) in [7, 11) is 0. The SMILES string of the molecule is CCCCCCCCCCCCC=CC(CO)SCCC(N)=O. The highest BCUT2D eigenvalue weighted by Crippen LogP contribution is 2.15. The van der Waals surface area contributed by atoms with Crippen LogP contribution in [0.3, 0.4) is 0 Å². The van der Waals surface area contributed by atoms with Gasteiger partial charge >= 0.3 is 0 Å². The number of amides is 1. The van der Waals surface area contributed by atoms with Gasteiger partial charge in [0.15, 0.2) is 0 Å². The molecule has 0 aliphatic rings. The Hall–Kier alpha value is -0.480. The van der Waals surface area contributed by atoms with E-state index < -0.39 is 0 Å². The van der Waals surface area contributed by atoms with Crippen molar-refractivity contribution in [1.82, 2.24) is 0 Å². The first-order chi connectivity index (χ1) is 11.2. The Morgan fingerprint density at radius 1 is 1.04 bits per heavy atom. The normalized spacial score (nSPS) is 12.8. The third-order valence-corrected chi connectivity index (χ3v) is 5.11. The van der Waals surface area contributed by atoms with E-state index in [1.54, 1.807) is 11.8 Å². The van der Waals surface area contributed by atoms with Gasteiger partial charge in [-0.1, -0.05) is 76.9 Å². The molecule has 0 bridgehead atoms. The van der Waals surface area contributed by atoms with Crippen molar-refractivity contribution in [3.05, 3.63) is 12.2 Å². The van der Waals surface area contributed by atoms with Gasteiger partial charge in [-0.3, -0.25) is 4.79 Å². The van der Waals surface area contributed by atoms with Crippen molar-refractivity contribution in [2.45, 2.75) is 89.2 Å². The average Bonchev–Trinajstić information content (AvgIpc) is 2.53. The van der Waals surface area contributed by atoms with Crippen LogP contribution in [-0.2, 0) is 4.79 Å². The molecule has 1 unspecified atom stereocenters. The minimum Gasteiger partial charge on any atom is -0.395 e. The number of hydrogen-bond acceptors (Lipinski definition) is 3. The molecule has 3 N–H and O–H groups in total. The van der Waals surface area contributed by atoms with Crippen molar-refractivity contribution in [2.24, 2.45) is 5.73 Å². The summed E-state index contributed by atoms with van der Waals surface area (Å²) in [4.78, 5) is 10.7. The lowest BCUT2D eigenvalue weighted by Gasteiger charge is -2.08. The maximum absolute atomic E-state index is 10.7. The summed E-state index contributed by atoms with van der Waals surface area (Å²) in [5, 5.41) is 9.38. The molecule has 0 aromatic rings. The smallest absolute Gasteiger partial charge is 0.218 e. The van der Waals surface area contributed by atoms with Gasteiger partial charge in [-0.15, -0.1) is 0 Å². The summed E-state index contributed by atoms with van der Waals surface area (Å²) >= 11 is 1.60. The third-order valence-electron chi connectivity index (χ3n) is 3.94. The van der Waals surface area contributed by atoms with Crippen LogP contribution in [0.5, 0.6) is 0 Å². The van der Waals surface area contributed by atoms with Crippen molar-refractivity contribution in [2.75, 3.05) is 12.4 Å². The monoisotopic (exact) mass is 343 g/mol. The molecule has 0 saturated heterocycles. The molecule has 0 rings (SSSR count). The van der Waals surface area contributed by atoms with Crippen LogP contribution in [0.25, 0.3) is 0 Å². The van der Waals surface area contributed by atoms with E-state index >= 15 is 0 Å². The maximum Gasteiger partial charge on any atom is 0.218 e. The average molecular weight is 344 g/mol. The summed E-state index contributed by atoms with van der Waals surface area (Å²) in [6, 6.07) is 0. The number of rotatable bonds is 17. The van der Waals surface area contributed by atoms with Crippen LogP contribution in [0.15, 0.2) is 12.2 Å². The molecular weight excluding hydrogens is 306 g/mol. The second-order valence-electron chi connectivity index (χ2n) is 6.21. The number of allylic oxidation sites excluding steroid dienone is 1. The number of nitrogens with two attached hydrogens (primary N) is 1. The van der Waals surface area contributed by atoms with Gasteiger partial charge in [0.1, 0.15) is 0 Å². The van der Waals surface area contributed by atoms with Crippen LogP contribution in [-0.4, -0.2) is 28.6 Å². The number of unbranched alkanes of at least 4 members (excludes halogenated alkanes) is 10. The van der Waals surface area contributed by atoms with Crippen molar-refractivity contribution >= 4 is 17.7 Å². The van der Waals surface area contributed by atoms with Crippen molar-refractivity contribution in [3.63, 3.8) is 0 Å². The quantitative estimate of drug-likeness (QED) is 0.294. The van der Waals surface area contributed by atoms with Gasteiger partial charge in [0.25, 0.3) is 0 Å². The first-order valence-corrected chi connectivity index (χ1v) is 10.4. The zero-order valence-corrected chi connectivity index (χ0v) is 15.8. The van der Waals surface area contributed by atoms with Gasteiger partial charge in [0.05, 0.1) is 6.61 Å². The lowest BCUT2D eigenvalue weighted by molar-refractivity contribution is -0.117. The molecule has 0 radical (unpaired) electrons. The van der Waals surface area contributed by atoms with Gasteiger partial charge in [-0.25, -0.2) is 0 Å². The van der Waals surface area contributed by atoms with E-state index in [1.165, 1.54) is 64.2 Å². The lowest BCUT2D eigenvalue weighted by Crippen LogP contribution is -2.13. The number of primary amides is 1. The van der Waals surface area contributed by atoms with E-state index in [0.29, 0.717) is 12.2 Å². The highest BCUT2D eigenvalue weighted by Gasteiger charge is 2.04. The molecule has 0 aliphatic heterocycles. The topological polar surface area (TPSA) is 63.3 Å². The molecule has 23 heavy (non-hydrogen) atoms. The van der Waals surface area contributed by atoms with Crippen LogP contribution in [0.2, 0.25) is 0 Å². The molecule has 0 heterocycles. The first-order valence-electron chi connectivity index (χ1n) is 9.38. The minimum absolute atomic E-state index is 0.0949. The summed E-state index contributed by atoms with van der Waals surface area (Å²) in [6.45, 7) is 2.38. The fourth-order valence-electron chi connectivity index (χ4n) is 2.48. The predicted octanol–water partition coefficient (Wildman–Crippen LogP) is 4.82. The van der Waals surface area contributed by atoms with Crippen molar-refractivity contribution < 1.29 is 9.90 Å². The molecular formula is C19H37NO2S. The fourth-order valence-corrected chi connectivity index (χ4v) is 3.43. The lowest BCUT2D eigenvalue weighted by atomic mass is 10.1. The molecule has 0 aromatic heterocycles. The van der Waals surface area contributed by atoms with Crippen LogP contribution in [0.4, 0.5) is 0 Å². The van der Waals surface area contributed by atoms with Gasteiger partial charge < -0.3 is 10.8 Å². The number of carbonyl (C=O) groups excluding carboxylic acids is 1. The number of aliphatic hydroxyl groups excluding tert-OH is 1. The molecule has 136 valence electrons. The van der Waals surface area contributed by atoms with Crippen molar-refractivity contribution in [3.8, 4) is 0 Å². The van der Waals surface area contributed by atoms with E-state index in [-0.39, 0.29) is 17.8 Å². The standard InChI is InChI=1S/C19H37NO2S/c1-2-3-4-5-6-7-8-9-10-11-12-13-14-18(17-21)23-16-15-19(20)22/h13-14,18,21H,2-12,15-17H2,1H3,(H2,20,22). The summed E-state index contributed by atoms with van der Waals surface area (Å²) in [5.74, 6) is 0.409. The summed E-state index contributed by atoms with van der Waals surface area (Å²) in [5.41, 5.74) is 5.11. The Balaban J connectivity index is 3.38. The predicted molar refractivity (Wildman–Crippen MR) is 103 cm³/mol. The Bertz CT molecular complexity index is 295. The molecule has 0 spiro atoms. The number of aliphatic hydroxyl groups is 1. The van der Waals surface area contributed by atoms with Gasteiger partial charge in [-0.2, -0.15) is 11.8 Å². The number of hydrogen-bond donors (Lipinski definition) is 2. The van der Waals surface area contributed by atoms with Gasteiger partial charge in [0, 0.05) is 17.4 Å². The zero-order chi connectivity index (χ0) is 17.2. The van der Waals surface area contributed by atoms with Crippen LogP contribution < -0.4 is 5.73 Å². The van der Waals surface area contributed by atoms with E-state index in [2.05, 4.69) is 19.1 Å². The van der Waals surface area contributed by atoms with Crippen molar-refractivity contribution in [1.29, 1.82) is 0 Å². The van der Waals surface area contributed by atoms with Crippen LogP contribution in [0.1, 0.15) is 84.0 Å². The van der Waals surface area contributed by atoms with Gasteiger partial charge in [0.2, 0.25) is 5.91 Å². The molecule has 1 amide bonds. The zero-order valence-electron chi connectivity index (χ0n) is 15.0. The summed E-state index contributed by atoms with van der Waals surface area (Å²) in [6.07, 6.45) is 19.3. The number of thioether (sulfide) groups is 1. The molecule has 0 saturated carbocycles. The molecule has 3 nitrogen and oxygen atoms in total. The molecule has 1 atom stereocenters. The van der Waals surface area contributed by atoms with E-state index in [9.17, 15) is 9.90 Å². The van der Waals surface area contributed by atoms with E-state index in [0.717, 1.165) is 6.42 Å². The fraction of sp³-hybridized carbons (Fsp3) is 0.842. The highest BCUT2D eigenvalue weighted by molar-refractivity contribution is 8.00. The Kier molecular flexibility index (Phi) is 17.5. The minimum atomic E-state index is -0.275. The Morgan fingerprint density at radius 3 is 2.13 bits per heavy atom. The Morgan fingerprint density at radius 2 is 1.61 bits per heavy atom. The molecule has 0 aliphatic carbocycles. The highest BCUT2D eigenvalue weighted by atomic mass is 32.2. The Labute approximate surface area is 147 Å². The molecule has 0 fully saturated rings. The molecule has 4 heteroatoms. The summed E-state index contributed by atoms with van der Waals surface area (Å²) < 4.78 is 0. The van der Waals surface area contributed by atoms with Gasteiger partial charge in [-0.05, 0) is 12.8 Å². The number of carbonyl (C=O) groups is 1. The van der Waals surface area contributed by atoms with Crippen LogP contribution >= 0.6 is 11.8 Å². The first kappa shape index (κ1) is 22.5. The maximum atomic E-state index is 10.7. The van der Waals surface area contributed by atoms with E-state index in [4.69, 9.17) is 5.73 Å². The second-order valence-corrected chi connectivity index (χ2v) is 7.55. The second kappa shape index (κ2) is 17.9. The third kappa shape index (κ3) is 17.7. The van der Waals surface area contributed by atoms with E-state index in [1.807, 2.05) is 0 Å². The largest absolute Gasteiger partial charge is 0.395 e.